The quantitative estimate of drug-likeness (QED) is 0.579. The van der Waals surface area contributed by atoms with Crippen LogP contribution >= 0.6 is 11.6 Å². The molecule has 1 atom stereocenters. The van der Waals surface area contributed by atoms with E-state index >= 15 is 0 Å². The third-order valence-electron chi connectivity index (χ3n) is 4.73. The Labute approximate surface area is 160 Å². The first-order valence-electron chi connectivity index (χ1n) is 9.34. The summed E-state index contributed by atoms with van der Waals surface area (Å²) >= 11 is 5.92. The van der Waals surface area contributed by atoms with E-state index in [-0.39, 0.29) is 23.9 Å². The van der Waals surface area contributed by atoms with Crippen LogP contribution in [0.15, 0.2) is 24.3 Å². The van der Waals surface area contributed by atoms with Gasteiger partial charge in [-0.05, 0) is 32.9 Å². The molecule has 0 spiro atoms. The third-order valence-corrected chi connectivity index (χ3v) is 4.98. The summed E-state index contributed by atoms with van der Waals surface area (Å²) in [5, 5.41) is 5.70. The number of nitrogens with zero attached hydrogens (tertiary/aromatic N) is 1. The molecule has 1 fully saturated rings. The van der Waals surface area contributed by atoms with Crippen LogP contribution in [-0.4, -0.2) is 62.0 Å². The highest BCUT2D eigenvalue weighted by Crippen LogP contribution is 2.13. The summed E-state index contributed by atoms with van der Waals surface area (Å²) in [7, 11) is 0. The number of carbonyl (C=O) groups excluding carboxylic acids is 2. The van der Waals surface area contributed by atoms with E-state index in [0.29, 0.717) is 26.2 Å². The molecule has 7 heteroatoms. The van der Waals surface area contributed by atoms with Gasteiger partial charge < -0.3 is 20.4 Å². The van der Waals surface area contributed by atoms with Crippen LogP contribution < -0.4 is 15.5 Å². The number of hydrogen-bond donors (Lipinski definition) is 3. The van der Waals surface area contributed by atoms with E-state index in [9.17, 15) is 9.59 Å². The third kappa shape index (κ3) is 6.59. The smallest absolute Gasteiger partial charge is 0.278 e. The maximum atomic E-state index is 12.4. The Hall–Kier alpha value is -1.63. The molecule has 1 aliphatic heterocycles. The summed E-state index contributed by atoms with van der Waals surface area (Å²) in [6, 6.07) is 8.13. The fourth-order valence-corrected chi connectivity index (χ4v) is 3.28. The molecule has 1 heterocycles. The van der Waals surface area contributed by atoms with E-state index in [1.54, 1.807) is 0 Å². The van der Waals surface area contributed by atoms with Crippen molar-refractivity contribution in [2.24, 2.45) is 0 Å². The van der Waals surface area contributed by atoms with Gasteiger partial charge >= 0.3 is 0 Å². The molecule has 0 bridgehead atoms. The van der Waals surface area contributed by atoms with Gasteiger partial charge in [0.15, 0.2) is 13.1 Å². The van der Waals surface area contributed by atoms with Gasteiger partial charge in [-0.2, -0.15) is 0 Å². The van der Waals surface area contributed by atoms with E-state index in [1.807, 2.05) is 43.0 Å². The Morgan fingerprint density at radius 2 is 1.81 bits per heavy atom. The Morgan fingerprint density at radius 3 is 2.38 bits per heavy atom. The second kappa shape index (κ2) is 9.90. The molecule has 0 saturated carbocycles. The van der Waals surface area contributed by atoms with Gasteiger partial charge in [-0.15, -0.1) is 0 Å². The van der Waals surface area contributed by atoms with Crippen molar-refractivity contribution in [2.45, 2.75) is 32.9 Å². The van der Waals surface area contributed by atoms with Crippen LogP contribution in [0.1, 0.15) is 32.4 Å². The van der Waals surface area contributed by atoms with Crippen molar-refractivity contribution in [3.63, 3.8) is 0 Å². The number of halogens is 1. The van der Waals surface area contributed by atoms with Crippen LogP contribution in [-0.2, 0) is 9.59 Å². The molecule has 6 nitrogen and oxygen atoms in total. The maximum Gasteiger partial charge on any atom is 0.278 e. The SMILES string of the molecule is CC(C)NC(=O)C[NH+]1CCN(C(=O)C[NH2+][C@H](C)c2ccc(Cl)cc2)CC1. The van der Waals surface area contributed by atoms with Gasteiger partial charge in [0.05, 0.1) is 26.2 Å². The van der Waals surface area contributed by atoms with Gasteiger partial charge in [-0.3, -0.25) is 9.59 Å². The summed E-state index contributed by atoms with van der Waals surface area (Å²) < 4.78 is 0. The number of hydrogen-bond acceptors (Lipinski definition) is 2. The highest BCUT2D eigenvalue weighted by molar-refractivity contribution is 6.30. The van der Waals surface area contributed by atoms with Gasteiger partial charge in [0.25, 0.3) is 11.8 Å². The zero-order chi connectivity index (χ0) is 19.1. The second-order valence-corrected chi connectivity index (χ2v) is 7.75. The first-order valence-corrected chi connectivity index (χ1v) is 9.72. The first kappa shape index (κ1) is 20.7. The number of benzene rings is 1. The minimum absolute atomic E-state index is 0.0832. The molecule has 0 aromatic heterocycles. The molecule has 1 saturated heterocycles. The predicted octanol–water partition coefficient (Wildman–Crippen LogP) is -0.784. The highest BCUT2D eigenvalue weighted by Gasteiger charge is 2.26. The van der Waals surface area contributed by atoms with E-state index in [0.717, 1.165) is 23.7 Å². The summed E-state index contributed by atoms with van der Waals surface area (Å²) in [5.41, 5.74) is 1.16. The van der Waals surface area contributed by atoms with Crippen LogP contribution in [0, 0.1) is 0 Å². The van der Waals surface area contributed by atoms with Crippen LogP contribution in [0.25, 0.3) is 0 Å². The number of nitrogens with one attached hydrogen (secondary N) is 2. The number of amides is 2. The van der Waals surface area contributed by atoms with Crippen LogP contribution in [0.5, 0.6) is 0 Å². The lowest BCUT2D eigenvalue weighted by Crippen LogP contribution is -3.16. The minimum atomic E-state index is 0.0832. The van der Waals surface area contributed by atoms with Gasteiger partial charge in [-0.25, -0.2) is 0 Å². The Kier molecular flexibility index (Phi) is 7.87. The molecule has 0 aliphatic carbocycles. The molecule has 144 valence electrons. The summed E-state index contributed by atoms with van der Waals surface area (Å²) in [5.74, 6) is 0.247. The molecule has 4 N–H and O–H groups in total. The summed E-state index contributed by atoms with van der Waals surface area (Å²) in [6.45, 7) is 10.0. The molecular formula is C19H31ClN4O2+2. The minimum Gasteiger partial charge on any atom is -0.349 e. The molecule has 26 heavy (non-hydrogen) atoms. The van der Waals surface area contributed by atoms with Crippen molar-refractivity contribution in [2.75, 3.05) is 39.3 Å². The lowest BCUT2D eigenvalue weighted by Gasteiger charge is -2.31. The van der Waals surface area contributed by atoms with Gasteiger partial charge in [-0.1, -0.05) is 23.7 Å². The molecule has 1 aromatic rings. The lowest BCUT2D eigenvalue weighted by atomic mass is 10.1. The van der Waals surface area contributed by atoms with Crippen molar-refractivity contribution in [3.05, 3.63) is 34.9 Å². The fourth-order valence-electron chi connectivity index (χ4n) is 3.16. The Morgan fingerprint density at radius 1 is 1.19 bits per heavy atom. The summed E-state index contributed by atoms with van der Waals surface area (Å²) in [6.07, 6.45) is 0. The van der Waals surface area contributed by atoms with Crippen molar-refractivity contribution >= 4 is 23.4 Å². The fraction of sp³-hybridized carbons (Fsp3) is 0.579. The van der Waals surface area contributed by atoms with E-state index in [2.05, 4.69) is 17.6 Å². The van der Waals surface area contributed by atoms with E-state index in [1.165, 1.54) is 4.90 Å². The normalized spacial score (nSPS) is 16.6. The Bertz CT molecular complexity index is 598. The van der Waals surface area contributed by atoms with Crippen molar-refractivity contribution in [3.8, 4) is 0 Å². The zero-order valence-electron chi connectivity index (χ0n) is 15.9. The molecule has 0 radical (unpaired) electrons. The Balaban J connectivity index is 1.71. The molecule has 2 rings (SSSR count). The highest BCUT2D eigenvalue weighted by atomic mass is 35.5. The maximum absolute atomic E-state index is 12.4. The average molecular weight is 383 g/mol. The second-order valence-electron chi connectivity index (χ2n) is 7.31. The lowest BCUT2D eigenvalue weighted by molar-refractivity contribution is -0.896. The summed E-state index contributed by atoms with van der Waals surface area (Å²) in [4.78, 5) is 27.4. The van der Waals surface area contributed by atoms with E-state index in [4.69, 9.17) is 11.6 Å². The number of rotatable bonds is 7. The van der Waals surface area contributed by atoms with Crippen molar-refractivity contribution < 1.29 is 19.8 Å². The van der Waals surface area contributed by atoms with Crippen LogP contribution in [0.2, 0.25) is 5.02 Å². The first-order chi connectivity index (χ1) is 12.3. The zero-order valence-corrected chi connectivity index (χ0v) is 16.7. The molecule has 0 unspecified atom stereocenters. The molecule has 2 amide bonds. The molecule has 1 aromatic carbocycles. The molecule has 1 aliphatic rings. The van der Waals surface area contributed by atoms with Gasteiger partial charge in [0.2, 0.25) is 0 Å². The topological polar surface area (TPSA) is 70.5 Å². The van der Waals surface area contributed by atoms with Gasteiger partial charge in [0, 0.05) is 16.6 Å². The van der Waals surface area contributed by atoms with E-state index < -0.39 is 0 Å². The monoisotopic (exact) mass is 382 g/mol. The van der Waals surface area contributed by atoms with Crippen molar-refractivity contribution in [1.29, 1.82) is 0 Å². The predicted molar refractivity (Wildman–Crippen MR) is 102 cm³/mol. The average Bonchev–Trinajstić information content (AvgIpc) is 2.60. The standard InChI is InChI=1S/C19H29ClN4O2/c1-14(2)22-18(25)13-23-8-10-24(11-9-23)19(26)12-21-15(3)16-4-6-17(20)7-5-16/h4-7,14-15,21H,8-13H2,1-3H3,(H,22,25)/p+2/t15-/m1/s1. The van der Waals surface area contributed by atoms with Crippen LogP contribution in [0.3, 0.4) is 0 Å². The molecular weight excluding hydrogens is 352 g/mol. The number of nitrogens with two attached hydrogens (primary N) is 1. The van der Waals surface area contributed by atoms with Crippen LogP contribution in [0.4, 0.5) is 0 Å². The van der Waals surface area contributed by atoms with Gasteiger partial charge in [0.1, 0.15) is 6.04 Å². The number of quaternary nitrogens is 2. The van der Waals surface area contributed by atoms with Crippen molar-refractivity contribution in [1.82, 2.24) is 10.2 Å². The largest absolute Gasteiger partial charge is 0.349 e. The number of piperazine rings is 1. The number of carbonyl (C=O) groups is 2.